The maximum absolute atomic E-state index is 11.9. The molecule has 7 nitrogen and oxygen atoms in total. The molecule has 1 saturated heterocycles. The van der Waals surface area contributed by atoms with Gasteiger partial charge in [-0.25, -0.2) is 4.79 Å². The molecule has 20 heavy (non-hydrogen) atoms. The van der Waals surface area contributed by atoms with Crippen LogP contribution >= 0.6 is 0 Å². The number of amides is 1. The van der Waals surface area contributed by atoms with Crippen molar-refractivity contribution in [3.8, 4) is 0 Å². The zero-order chi connectivity index (χ0) is 14.9. The van der Waals surface area contributed by atoms with Crippen molar-refractivity contribution >= 4 is 11.7 Å². The predicted molar refractivity (Wildman–Crippen MR) is 75.9 cm³/mol. The Bertz CT molecular complexity index is 659. The van der Waals surface area contributed by atoms with E-state index in [2.05, 4.69) is 11.9 Å². The fourth-order valence-electron chi connectivity index (χ4n) is 2.37. The molecule has 1 aromatic rings. The van der Waals surface area contributed by atoms with Gasteiger partial charge in [0, 0.05) is 39.3 Å². The summed E-state index contributed by atoms with van der Waals surface area (Å²) >= 11 is 0. The van der Waals surface area contributed by atoms with E-state index in [-0.39, 0.29) is 23.2 Å². The summed E-state index contributed by atoms with van der Waals surface area (Å²) < 4.78 is 2.51. The molecule has 0 unspecified atom stereocenters. The van der Waals surface area contributed by atoms with Crippen molar-refractivity contribution < 1.29 is 4.79 Å². The molecule has 1 amide bonds. The lowest BCUT2D eigenvalue weighted by Crippen LogP contribution is -2.41. The molecule has 1 atom stereocenters. The molecule has 0 saturated carbocycles. The van der Waals surface area contributed by atoms with Crippen LogP contribution in [0.4, 0.5) is 5.82 Å². The number of carbonyl (C=O) groups excluding carboxylic acids is 1. The van der Waals surface area contributed by atoms with Crippen molar-refractivity contribution in [2.45, 2.75) is 12.5 Å². The van der Waals surface area contributed by atoms with Crippen LogP contribution in [-0.4, -0.2) is 34.2 Å². The van der Waals surface area contributed by atoms with Gasteiger partial charge in [0.05, 0.1) is 0 Å². The van der Waals surface area contributed by atoms with Gasteiger partial charge >= 0.3 is 5.69 Å². The smallest absolute Gasteiger partial charge is 0.332 e. The minimum absolute atomic E-state index is 0.000315. The summed E-state index contributed by atoms with van der Waals surface area (Å²) in [6.07, 6.45) is 2.00. The van der Waals surface area contributed by atoms with Crippen LogP contribution < -0.4 is 21.5 Å². The highest BCUT2D eigenvalue weighted by atomic mass is 16.2. The van der Waals surface area contributed by atoms with Crippen LogP contribution in [0.2, 0.25) is 0 Å². The number of carbonyl (C=O) groups is 1. The van der Waals surface area contributed by atoms with Crippen molar-refractivity contribution in [2.75, 3.05) is 18.0 Å². The number of rotatable bonds is 3. The molecule has 1 fully saturated rings. The van der Waals surface area contributed by atoms with Crippen LogP contribution in [0.3, 0.4) is 0 Å². The molecule has 0 aromatic carbocycles. The van der Waals surface area contributed by atoms with Crippen LogP contribution in [0.25, 0.3) is 0 Å². The Labute approximate surface area is 116 Å². The molecule has 1 N–H and O–H groups in total. The van der Waals surface area contributed by atoms with Gasteiger partial charge in [-0.15, -0.1) is 0 Å². The molecule has 1 aliphatic rings. The first kappa shape index (κ1) is 14.1. The van der Waals surface area contributed by atoms with E-state index in [9.17, 15) is 14.4 Å². The summed E-state index contributed by atoms with van der Waals surface area (Å²) in [6.45, 7) is 4.66. The standard InChI is InChI=1S/C13H18N4O3/c1-4-10(18)14-9-5-6-17(8-9)11-7-12(19)16(3)13(20)15(11)2/h4,7,9H,1,5-6,8H2,2-3H3,(H,14,18)/t9-/m0/s1. The van der Waals surface area contributed by atoms with Crippen molar-refractivity contribution in [1.29, 1.82) is 0 Å². The number of aromatic nitrogens is 2. The molecule has 1 aliphatic heterocycles. The fourth-order valence-corrected chi connectivity index (χ4v) is 2.37. The Morgan fingerprint density at radius 2 is 2.10 bits per heavy atom. The number of nitrogens with zero attached hydrogens (tertiary/aromatic N) is 3. The van der Waals surface area contributed by atoms with Crippen LogP contribution in [0.5, 0.6) is 0 Å². The van der Waals surface area contributed by atoms with E-state index in [4.69, 9.17) is 0 Å². The van der Waals surface area contributed by atoms with E-state index in [1.165, 1.54) is 23.8 Å². The quantitative estimate of drug-likeness (QED) is 0.717. The molecule has 0 bridgehead atoms. The minimum Gasteiger partial charge on any atom is -0.356 e. The predicted octanol–water partition coefficient (Wildman–Crippen LogP) is -1.04. The van der Waals surface area contributed by atoms with Gasteiger partial charge in [-0.3, -0.25) is 18.7 Å². The molecule has 0 spiro atoms. The second-order valence-corrected chi connectivity index (χ2v) is 4.89. The summed E-state index contributed by atoms with van der Waals surface area (Å²) in [5.41, 5.74) is -0.687. The van der Waals surface area contributed by atoms with E-state index in [0.29, 0.717) is 18.9 Å². The molecule has 2 rings (SSSR count). The topological polar surface area (TPSA) is 76.3 Å². The molecular weight excluding hydrogens is 260 g/mol. The summed E-state index contributed by atoms with van der Waals surface area (Å²) in [7, 11) is 3.08. The second-order valence-electron chi connectivity index (χ2n) is 4.89. The highest BCUT2D eigenvalue weighted by molar-refractivity contribution is 5.87. The highest BCUT2D eigenvalue weighted by Crippen LogP contribution is 2.17. The van der Waals surface area contributed by atoms with Gasteiger partial charge in [0.2, 0.25) is 5.91 Å². The lowest BCUT2D eigenvalue weighted by Gasteiger charge is -2.21. The van der Waals surface area contributed by atoms with E-state index in [0.717, 1.165) is 11.0 Å². The minimum atomic E-state index is -0.355. The highest BCUT2D eigenvalue weighted by Gasteiger charge is 2.25. The van der Waals surface area contributed by atoms with Crippen LogP contribution in [0.1, 0.15) is 6.42 Å². The Hall–Kier alpha value is -2.31. The molecular formula is C13H18N4O3. The normalized spacial score (nSPS) is 18.1. The maximum atomic E-state index is 11.9. The van der Waals surface area contributed by atoms with E-state index >= 15 is 0 Å². The third-order valence-electron chi connectivity index (χ3n) is 3.54. The van der Waals surface area contributed by atoms with Gasteiger partial charge in [-0.1, -0.05) is 6.58 Å². The van der Waals surface area contributed by atoms with Crippen LogP contribution in [0, 0.1) is 0 Å². The monoisotopic (exact) mass is 278 g/mol. The summed E-state index contributed by atoms with van der Waals surface area (Å²) in [4.78, 5) is 36.8. The molecule has 108 valence electrons. The first-order valence-corrected chi connectivity index (χ1v) is 6.39. The first-order valence-electron chi connectivity index (χ1n) is 6.39. The molecule has 1 aromatic heterocycles. The number of anilines is 1. The van der Waals surface area contributed by atoms with Gasteiger partial charge < -0.3 is 10.2 Å². The van der Waals surface area contributed by atoms with Crippen molar-refractivity contribution in [1.82, 2.24) is 14.5 Å². The average molecular weight is 278 g/mol. The SMILES string of the molecule is C=CC(=O)N[C@H]1CCN(c2cc(=O)n(C)c(=O)n2C)C1. The molecule has 2 heterocycles. The van der Waals surface area contributed by atoms with Crippen LogP contribution in [0.15, 0.2) is 28.3 Å². The van der Waals surface area contributed by atoms with E-state index in [1.54, 1.807) is 7.05 Å². The Morgan fingerprint density at radius 1 is 1.40 bits per heavy atom. The molecule has 0 radical (unpaired) electrons. The second kappa shape index (κ2) is 5.36. The summed E-state index contributed by atoms with van der Waals surface area (Å²) in [5, 5.41) is 2.82. The lowest BCUT2D eigenvalue weighted by atomic mass is 10.2. The van der Waals surface area contributed by atoms with E-state index < -0.39 is 0 Å². The summed E-state index contributed by atoms with van der Waals surface area (Å²) in [5.74, 6) is 0.364. The van der Waals surface area contributed by atoms with Crippen molar-refractivity contribution in [3.05, 3.63) is 39.6 Å². The maximum Gasteiger partial charge on any atom is 0.332 e. The zero-order valence-electron chi connectivity index (χ0n) is 11.6. The molecule has 7 heteroatoms. The molecule has 0 aliphatic carbocycles. The van der Waals surface area contributed by atoms with Gasteiger partial charge in [0.1, 0.15) is 5.82 Å². The van der Waals surface area contributed by atoms with Gasteiger partial charge in [-0.2, -0.15) is 0 Å². The van der Waals surface area contributed by atoms with Crippen LogP contribution in [-0.2, 0) is 18.9 Å². The number of hydrogen-bond acceptors (Lipinski definition) is 4. The van der Waals surface area contributed by atoms with Gasteiger partial charge in [0.15, 0.2) is 0 Å². The number of nitrogens with one attached hydrogen (secondary N) is 1. The third-order valence-corrected chi connectivity index (χ3v) is 3.54. The number of hydrogen-bond donors (Lipinski definition) is 1. The zero-order valence-corrected chi connectivity index (χ0v) is 11.6. The Morgan fingerprint density at radius 3 is 2.75 bits per heavy atom. The van der Waals surface area contributed by atoms with Gasteiger partial charge in [-0.05, 0) is 12.5 Å². The largest absolute Gasteiger partial charge is 0.356 e. The fraction of sp³-hybridized carbons (Fsp3) is 0.462. The first-order chi connectivity index (χ1) is 9.43. The van der Waals surface area contributed by atoms with Crippen molar-refractivity contribution in [3.63, 3.8) is 0 Å². The third kappa shape index (κ3) is 2.52. The Kier molecular flexibility index (Phi) is 3.78. The lowest BCUT2D eigenvalue weighted by molar-refractivity contribution is -0.117. The van der Waals surface area contributed by atoms with Crippen molar-refractivity contribution in [2.24, 2.45) is 14.1 Å². The average Bonchev–Trinajstić information content (AvgIpc) is 2.88. The van der Waals surface area contributed by atoms with Gasteiger partial charge in [0.25, 0.3) is 5.56 Å². The summed E-state index contributed by atoms with van der Waals surface area (Å²) in [6, 6.07) is 1.44. The van der Waals surface area contributed by atoms with E-state index in [1.807, 2.05) is 4.90 Å². The Balaban J connectivity index is 2.23.